The van der Waals surface area contributed by atoms with Gasteiger partial charge in [0.2, 0.25) is 0 Å². The molecule has 0 atom stereocenters. The number of hydrogen-bond donors (Lipinski definition) is 0. The molecule has 3 aromatic rings. The van der Waals surface area contributed by atoms with Crippen LogP contribution in [0, 0.1) is 0 Å². The van der Waals surface area contributed by atoms with Gasteiger partial charge >= 0.3 is 0 Å². The predicted molar refractivity (Wildman–Crippen MR) is 121 cm³/mol. The molecule has 2 aromatic carbocycles. The Kier molecular flexibility index (Phi) is 5.10. The van der Waals surface area contributed by atoms with Crippen LogP contribution in [0.4, 0.5) is 17.1 Å². The second kappa shape index (κ2) is 8.19. The zero-order chi connectivity index (χ0) is 20.3. The Hall–Kier alpha value is -3.34. The lowest BCUT2D eigenvalue weighted by Crippen LogP contribution is -2.49. The summed E-state index contributed by atoms with van der Waals surface area (Å²) in [6.07, 6.45) is 3.99. The Morgan fingerprint density at radius 1 is 0.800 bits per heavy atom. The molecule has 30 heavy (non-hydrogen) atoms. The Morgan fingerprint density at radius 2 is 1.57 bits per heavy atom. The van der Waals surface area contributed by atoms with Gasteiger partial charge in [-0.1, -0.05) is 36.4 Å². The molecule has 5 heteroatoms. The van der Waals surface area contributed by atoms with E-state index in [1.165, 1.54) is 16.9 Å². The van der Waals surface area contributed by atoms with E-state index in [1.807, 2.05) is 23.1 Å². The Labute approximate surface area is 177 Å². The summed E-state index contributed by atoms with van der Waals surface area (Å²) in [5.41, 5.74) is 5.40. The number of carbonyl (C=O) groups excluding carboxylic acids is 1. The molecule has 0 N–H and O–H groups in total. The highest BCUT2D eigenvalue weighted by atomic mass is 16.2. The minimum atomic E-state index is 0.0230. The average molecular weight is 399 g/mol. The highest BCUT2D eigenvalue weighted by molar-refractivity contribution is 5.93. The third-order valence-electron chi connectivity index (χ3n) is 6.07. The number of aryl methyl sites for hydroxylation is 1. The van der Waals surface area contributed by atoms with Crippen LogP contribution in [0.15, 0.2) is 72.9 Å². The van der Waals surface area contributed by atoms with Gasteiger partial charge in [0.1, 0.15) is 5.69 Å². The third-order valence-corrected chi connectivity index (χ3v) is 6.07. The minimum absolute atomic E-state index is 0.0230. The van der Waals surface area contributed by atoms with Crippen LogP contribution < -0.4 is 9.80 Å². The van der Waals surface area contributed by atoms with Crippen molar-refractivity contribution in [3.8, 4) is 0 Å². The fourth-order valence-corrected chi connectivity index (χ4v) is 4.47. The molecule has 5 nitrogen and oxygen atoms in total. The predicted octanol–water partition coefficient (Wildman–Crippen LogP) is 4.13. The maximum atomic E-state index is 13.1. The molecule has 0 radical (unpaired) electrons. The minimum Gasteiger partial charge on any atom is -0.368 e. The second-order valence-corrected chi connectivity index (χ2v) is 7.90. The molecule has 5 rings (SSSR count). The largest absolute Gasteiger partial charge is 0.368 e. The summed E-state index contributed by atoms with van der Waals surface area (Å²) < 4.78 is 0. The fourth-order valence-electron chi connectivity index (χ4n) is 4.47. The van der Waals surface area contributed by atoms with E-state index in [4.69, 9.17) is 0 Å². The topological polar surface area (TPSA) is 39.7 Å². The van der Waals surface area contributed by atoms with Crippen LogP contribution in [0.5, 0.6) is 0 Å². The first-order valence-electron chi connectivity index (χ1n) is 10.7. The van der Waals surface area contributed by atoms with Gasteiger partial charge in [0, 0.05) is 56.0 Å². The van der Waals surface area contributed by atoms with Gasteiger partial charge in [-0.3, -0.25) is 9.78 Å². The molecule has 152 valence electrons. The average Bonchev–Trinajstić information content (AvgIpc) is 2.84. The molecule has 1 aromatic heterocycles. The highest BCUT2D eigenvalue weighted by Gasteiger charge is 2.24. The van der Waals surface area contributed by atoms with Crippen molar-refractivity contribution in [2.75, 3.05) is 42.5 Å². The maximum absolute atomic E-state index is 13.1. The van der Waals surface area contributed by atoms with Crippen LogP contribution in [0.2, 0.25) is 0 Å². The molecule has 3 heterocycles. The number of amides is 1. The number of benzene rings is 2. The van der Waals surface area contributed by atoms with Gasteiger partial charge < -0.3 is 14.7 Å². The van der Waals surface area contributed by atoms with E-state index in [0.717, 1.165) is 38.2 Å². The summed E-state index contributed by atoms with van der Waals surface area (Å²) in [5, 5.41) is 0. The summed E-state index contributed by atoms with van der Waals surface area (Å²) in [6.45, 7) is 4.08. The first-order chi connectivity index (χ1) is 14.8. The van der Waals surface area contributed by atoms with Gasteiger partial charge in [-0.2, -0.15) is 0 Å². The van der Waals surface area contributed by atoms with Crippen LogP contribution in [0.25, 0.3) is 0 Å². The van der Waals surface area contributed by atoms with Crippen molar-refractivity contribution in [1.29, 1.82) is 0 Å². The summed E-state index contributed by atoms with van der Waals surface area (Å²) >= 11 is 0. The van der Waals surface area contributed by atoms with Crippen molar-refractivity contribution in [3.63, 3.8) is 0 Å². The smallest absolute Gasteiger partial charge is 0.272 e. The molecule has 1 fully saturated rings. The van der Waals surface area contributed by atoms with Gasteiger partial charge in [-0.25, -0.2) is 0 Å². The van der Waals surface area contributed by atoms with E-state index in [-0.39, 0.29) is 5.91 Å². The molecule has 0 bridgehead atoms. The lowest BCUT2D eigenvalue weighted by Gasteiger charge is -2.36. The van der Waals surface area contributed by atoms with E-state index in [1.54, 1.807) is 6.20 Å². The quantitative estimate of drug-likeness (QED) is 0.665. The van der Waals surface area contributed by atoms with Crippen molar-refractivity contribution in [3.05, 3.63) is 84.2 Å². The van der Waals surface area contributed by atoms with Gasteiger partial charge in [-0.15, -0.1) is 0 Å². The maximum Gasteiger partial charge on any atom is 0.272 e. The molecule has 2 aliphatic heterocycles. The zero-order valence-corrected chi connectivity index (χ0v) is 17.1. The van der Waals surface area contributed by atoms with Crippen molar-refractivity contribution in [2.45, 2.75) is 12.8 Å². The number of para-hydroxylation sites is 2. The normalized spacial score (nSPS) is 16.3. The Balaban J connectivity index is 1.31. The monoisotopic (exact) mass is 398 g/mol. The molecule has 2 aliphatic rings. The van der Waals surface area contributed by atoms with Crippen molar-refractivity contribution in [2.24, 2.45) is 0 Å². The number of rotatable bonds is 3. The number of hydrogen-bond acceptors (Lipinski definition) is 4. The molecule has 0 saturated carbocycles. The Bertz CT molecular complexity index is 1030. The zero-order valence-electron chi connectivity index (χ0n) is 17.1. The van der Waals surface area contributed by atoms with Crippen molar-refractivity contribution < 1.29 is 4.79 Å². The number of pyridine rings is 1. The second-order valence-electron chi connectivity index (χ2n) is 7.90. The lowest BCUT2D eigenvalue weighted by molar-refractivity contribution is 0.0741. The number of anilines is 3. The van der Waals surface area contributed by atoms with Gasteiger partial charge in [0.15, 0.2) is 0 Å². The standard InChI is InChI=1S/C25H26N4O/c30-25(28-17-15-27(16-18-28)21-9-2-1-3-10-21)23-19-22(12-13-26-23)29-14-6-8-20-7-4-5-11-24(20)29/h1-5,7,9-13,19H,6,8,14-18H2. The number of nitrogens with zero attached hydrogens (tertiary/aromatic N) is 4. The number of fused-ring (bicyclic) bond motifs is 1. The van der Waals surface area contributed by atoms with E-state index in [9.17, 15) is 4.79 Å². The summed E-state index contributed by atoms with van der Waals surface area (Å²) in [4.78, 5) is 24.1. The van der Waals surface area contributed by atoms with Crippen molar-refractivity contribution in [1.82, 2.24) is 9.88 Å². The number of carbonyl (C=O) groups is 1. The molecule has 0 spiro atoms. The van der Waals surface area contributed by atoms with Crippen LogP contribution in [0.3, 0.4) is 0 Å². The molecule has 1 amide bonds. The molecule has 0 aliphatic carbocycles. The van der Waals surface area contributed by atoms with E-state index >= 15 is 0 Å². The van der Waals surface area contributed by atoms with Crippen LogP contribution >= 0.6 is 0 Å². The summed E-state index contributed by atoms with van der Waals surface area (Å²) in [6, 6.07) is 22.9. The SMILES string of the molecule is O=C(c1cc(N2CCCc3ccccc32)ccn1)N1CCN(c2ccccc2)CC1. The van der Waals surface area contributed by atoms with E-state index < -0.39 is 0 Å². The summed E-state index contributed by atoms with van der Waals surface area (Å²) in [5.74, 6) is 0.0230. The summed E-state index contributed by atoms with van der Waals surface area (Å²) in [7, 11) is 0. The van der Waals surface area contributed by atoms with Crippen LogP contribution in [-0.2, 0) is 6.42 Å². The first-order valence-corrected chi connectivity index (χ1v) is 10.7. The molecule has 1 saturated heterocycles. The fraction of sp³-hybridized carbons (Fsp3) is 0.280. The third kappa shape index (κ3) is 3.63. The van der Waals surface area contributed by atoms with Crippen LogP contribution in [0.1, 0.15) is 22.5 Å². The Morgan fingerprint density at radius 3 is 2.40 bits per heavy atom. The van der Waals surface area contributed by atoms with E-state index in [2.05, 4.69) is 63.3 Å². The first kappa shape index (κ1) is 18.7. The molecular formula is C25H26N4O. The van der Waals surface area contributed by atoms with Gasteiger partial charge in [-0.05, 0) is 48.7 Å². The van der Waals surface area contributed by atoms with Crippen molar-refractivity contribution >= 4 is 23.0 Å². The van der Waals surface area contributed by atoms with Gasteiger partial charge in [0.05, 0.1) is 0 Å². The van der Waals surface area contributed by atoms with Gasteiger partial charge in [0.25, 0.3) is 5.91 Å². The van der Waals surface area contributed by atoms with E-state index in [0.29, 0.717) is 18.8 Å². The molecular weight excluding hydrogens is 372 g/mol. The number of aromatic nitrogens is 1. The number of piperazine rings is 1. The lowest BCUT2D eigenvalue weighted by atomic mass is 10.0. The highest BCUT2D eigenvalue weighted by Crippen LogP contribution is 2.33. The molecule has 0 unspecified atom stereocenters. The van der Waals surface area contributed by atoms with Crippen LogP contribution in [-0.4, -0.2) is 48.5 Å².